The zero-order valence-corrected chi connectivity index (χ0v) is 19.4. The van der Waals surface area contributed by atoms with Crippen molar-refractivity contribution in [3.63, 3.8) is 0 Å². The van der Waals surface area contributed by atoms with E-state index >= 15 is 0 Å². The monoisotopic (exact) mass is 455 g/mol. The van der Waals surface area contributed by atoms with Crippen molar-refractivity contribution in [2.75, 3.05) is 7.05 Å². The minimum Gasteiger partial charge on any atom is -0.354 e. The summed E-state index contributed by atoms with van der Waals surface area (Å²) in [5.74, 6) is 1.29. The first-order chi connectivity index (χ1) is 16.7. The third-order valence-electron chi connectivity index (χ3n) is 6.56. The van der Waals surface area contributed by atoms with Gasteiger partial charge < -0.3 is 14.4 Å². The average molecular weight is 456 g/mol. The van der Waals surface area contributed by atoms with Gasteiger partial charge in [-0.3, -0.25) is 9.78 Å². The number of pyridine rings is 1. The van der Waals surface area contributed by atoms with Crippen LogP contribution in [0, 0.1) is 5.92 Å². The molecule has 1 saturated carbocycles. The van der Waals surface area contributed by atoms with Crippen molar-refractivity contribution in [2.45, 2.75) is 45.2 Å². The molecule has 5 rings (SSSR count). The van der Waals surface area contributed by atoms with Crippen LogP contribution in [0.2, 0.25) is 0 Å². The van der Waals surface area contributed by atoms with Gasteiger partial charge in [-0.1, -0.05) is 55.1 Å². The maximum Gasteiger partial charge on any atom is 0.250 e. The standard InChI is InChI=1S/C27H29N5O2/c1-28-15-20-6-8-21(9-7-20)23-14-26(34-31-23)25-17-29-16-24(30-25)22-10-11-27(33)32(18-22)13-12-19-4-2-3-5-19/h6-11,14,16-19,28H,2-5,12-13,15H2,1H3. The van der Waals surface area contributed by atoms with E-state index in [9.17, 15) is 4.79 Å². The molecule has 0 saturated heterocycles. The number of nitrogens with one attached hydrogen (secondary N) is 1. The first kappa shape index (κ1) is 22.2. The number of benzene rings is 1. The fourth-order valence-corrected chi connectivity index (χ4v) is 4.63. The van der Waals surface area contributed by atoms with Gasteiger partial charge in [-0.25, -0.2) is 4.98 Å². The molecule has 0 atom stereocenters. The molecule has 0 unspecified atom stereocenters. The molecular formula is C27H29N5O2. The smallest absolute Gasteiger partial charge is 0.250 e. The van der Waals surface area contributed by atoms with Crippen LogP contribution in [0.15, 0.2) is 70.4 Å². The third-order valence-corrected chi connectivity index (χ3v) is 6.56. The highest BCUT2D eigenvalue weighted by atomic mass is 16.5. The number of aryl methyl sites for hydroxylation is 1. The molecule has 34 heavy (non-hydrogen) atoms. The second-order valence-electron chi connectivity index (χ2n) is 8.98. The van der Waals surface area contributed by atoms with Gasteiger partial charge in [0.05, 0.1) is 18.1 Å². The lowest BCUT2D eigenvalue weighted by Crippen LogP contribution is -2.19. The average Bonchev–Trinajstić information content (AvgIpc) is 3.57. The fraction of sp³-hybridized carbons (Fsp3) is 0.333. The van der Waals surface area contributed by atoms with Gasteiger partial charge in [0.25, 0.3) is 5.56 Å². The summed E-state index contributed by atoms with van der Waals surface area (Å²) in [7, 11) is 1.93. The summed E-state index contributed by atoms with van der Waals surface area (Å²) in [5.41, 5.74) is 5.12. The van der Waals surface area contributed by atoms with Crippen LogP contribution < -0.4 is 10.9 Å². The summed E-state index contributed by atoms with van der Waals surface area (Å²) in [6.45, 7) is 1.56. The van der Waals surface area contributed by atoms with Gasteiger partial charge >= 0.3 is 0 Å². The molecule has 0 aliphatic heterocycles. The third kappa shape index (κ3) is 4.99. The van der Waals surface area contributed by atoms with E-state index in [0.717, 1.165) is 42.2 Å². The maximum atomic E-state index is 12.4. The minimum absolute atomic E-state index is 0.0199. The first-order valence-electron chi connectivity index (χ1n) is 11.9. The predicted molar refractivity (Wildman–Crippen MR) is 132 cm³/mol. The van der Waals surface area contributed by atoms with Gasteiger partial charge in [-0.05, 0) is 31.0 Å². The van der Waals surface area contributed by atoms with E-state index < -0.39 is 0 Å². The van der Waals surface area contributed by atoms with Crippen LogP contribution in [0.4, 0.5) is 0 Å². The van der Waals surface area contributed by atoms with Gasteiger partial charge in [0, 0.05) is 42.5 Å². The van der Waals surface area contributed by atoms with Crippen molar-refractivity contribution in [1.82, 2.24) is 25.0 Å². The zero-order valence-electron chi connectivity index (χ0n) is 19.4. The quantitative estimate of drug-likeness (QED) is 0.406. The van der Waals surface area contributed by atoms with Crippen LogP contribution in [0.5, 0.6) is 0 Å². The Morgan fingerprint density at radius 2 is 1.76 bits per heavy atom. The van der Waals surface area contributed by atoms with E-state index in [1.165, 1.54) is 31.2 Å². The molecular weight excluding hydrogens is 426 g/mol. The van der Waals surface area contributed by atoms with Crippen molar-refractivity contribution in [2.24, 2.45) is 5.92 Å². The number of rotatable bonds is 8. The van der Waals surface area contributed by atoms with Gasteiger partial charge in [0.2, 0.25) is 0 Å². The van der Waals surface area contributed by atoms with E-state index in [1.807, 2.05) is 31.4 Å². The van der Waals surface area contributed by atoms with E-state index in [-0.39, 0.29) is 5.56 Å². The van der Waals surface area contributed by atoms with Crippen molar-refractivity contribution in [3.8, 4) is 34.0 Å². The Balaban J connectivity index is 1.36. The van der Waals surface area contributed by atoms with Crippen molar-refractivity contribution < 1.29 is 4.52 Å². The van der Waals surface area contributed by atoms with Gasteiger partial charge in [-0.15, -0.1) is 0 Å². The normalized spacial score (nSPS) is 14.0. The Labute approximate surface area is 198 Å². The van der Waals surface area contributed by atoms with Gasteiger partial charge in [-0.2, -0.15) is 0 Å². The summed E-state index contributed by atoms with van der Waals surface area (Å²) in [6, 6.07) is 13.5. The molecule has 4 aromatic rings. The van der Waals surface area contributed by atoms with Crippen LogP contribution >= 0.6 is 0 Å². The topological polar surface area (TPSA) is 85.8 Å². The fourth-order valence-electron chi connectivity index (χ4n) is 4.63. The van der Waals surface area contributed by atoms with Crippen molar-refractivity contribution in [3.05, 3.63) is 77.0 Å². The molecule has 1 aliphatic carbocycles. The molecule has 0 bridgehead atoms. The molecule has 1 fully saturated rings. The summed E-state index contributed by atoms with van der Waals surface area (Å²) >= 11 is 0. The minimum atomic E-state index is 0.0199. The van der Waals surface area contributed by atoms with E-state index in [2.05, 4.69) is 27.6 Å². The number of hydrogen-bond donors (Lipinski definition) is 1. The van der Waals surface area contributed by atoms with Crippen LogP contribution in [-0.2, 0) is 13.1 Å². The Morgan fingerprint density at radius 3 is 2.56 bits per heavy atom. The zero-order chi connectivity index (χ0) is 23.3. The molecule has 1 N–H and O–H groups in total. The van der Waals surface area contributed by atoms with Crippen LogP contribution in [-0.4, -0.2) is 26.7 Å². The van der Waals surface area contributed by atoms with Crippen molar-refractivity contribution >= 4 is 0 Å². The molecule has 3 heterocycles. The van der Waals surface area contributed by atoms with Gasteiger partial charge in [0.15, 0.2) is 5.76 Å². The Kier molecular flexibility index (Phi) is 6.62. The highest BCUT2D eigenvalue weighted by molar-refractivity contribution is 5.66. The van der Waals surface area contributed by atoms with E-state index in [0.29, 0.717) is 17.1 Å². The second kappa shape index (κ2) is 10.1. The lowest BCUT2D eigenvalue weighted by Gasteiger charge is -2.12. The number of aromatic nitrogens is 4. The molecule has 7 heteroatoms. The lowest BCUT2D eigenvalue weighted by molar-refractivity contribution is 0.433. The highest BCUT2D eigenvalue weighted by Gasteiger charge is 2.16. The molecule has 174 valence electrons. The Bertz CT molecular complexity index is 1300. The largest absolute Gasteiger partial charge is 0.354 e. The number of hydrogen-bond acceptors (Lipinski definition) is 6. The summed E-state index contributed by atoms with van der Waals surface area (Å²) in [5, 5.41) is 7.37. The number of nitrogens with zero attached hydrogens (tertiary/aromatic N) is 4. The summed E-state index contributed by atoms with van der Waals surface area (Å²) in [4.78, 5) is 21.5. The molecule has 0 amide bonds. The lowest BCUT2D eigenvalue weighted by atomic mass is 10.0. The van der Waals surface area contributed by atoms with Crippen LogP contribution in [0.3, 0.4) is 0 Å². The molecule has 0 spiro atoms. The van der Waals surface area contributed by atoms with E-state index in [4.69, 9.17) is 9.51 Å². The Hall–Kier alpha value is -3.58. The van der Waals surface area contributed by atoms with Gasteiger partial charge in [0.1, 0.15) is 11.4 Å². The Morgan fingerprint density at radius 1 is 1.00 bits per heavy atom. The molecule has 0 radical (unpaired) electrons. The molecule has 1 aromatic carbocycles. The van der Waals surface area contributed by atoms with E-state index in [1.54, 1.807) is 29.1 Å². The SMILES string of the molecule is CNCc1ccc(-c2cc(-c3cncc(-c4ccc(=O)n(CCC5CCCC5)c4)n3)on2)cc1. The van der Waals surface area contributed by atoms with Crippen LogP contribution in [0.25, 0.3) is 34.0 Å². The predicted octanol–water partition coefficient (Wildman–Crippen LogP) is 4.93. The highest BCUT2D eigenvalue weighted by Crippen LogP contribution is 2.28. The second-order valence-corrected chi connectivity index (χ2v) is 8.98. The molecule has 3 aromatic heterocycles. The first-order valence-corrected chi connectivity index (χ1v) is 11.9. The summed E-state index contributed by atoms with van der Waals surface area (Å²) < 4.78 is 7.39. The molecule has 7 nitrogen and oxygen atoms in total. The van der Waals surface area contributed by atoms with Crippen LogP contribution in [0.1, 0.15) is 37.7 Å². The summed E-state index contributed by atoms with van der Waals surface area (Å²) in [6.07, 6.45) is 11.5. The maximum absolute atomic E-state index is 12.4. The molecule has 1 aliphatic rings. The van der Waals surface area contributed by atoms with Crippen molar-refractivity contribution in [1.29, 1.82) is 0 Å².